The van der Waals surface area contributed by atoms with Gasteiger partial charge in [-0.3, -0.25) is 9.89 Å². The Morgan fingerprint density at radius 3 is 2.53 bits per heavy atom. The smallest absolute Gasteiger partial charge is 0.225 e. The fourth-order valence-electron chi connectivity index (χ4n) is 4.45. The zero-order chi connectivity index (χ0) is 22.2. The second-order valence-electron chi connectivity index (χ2n) is 8.32. The zero-order valence-corrected chi connectivity index (χ0v) is 19.3. The van der Waals surface area contributed by atoms with Gasteiger partial charge in [0.2, 0.25) is 5.95 Å². The number of guanidine groups is 1. The summed E-state index contributed by atoms with van der Waals surface area (Å²) < 4.78 is 5.29. The molecule has 1 unspecified atom stereocenters. The molecule has 1 atom stereocenters. The number of ether oxygens (including phenoxy) is 1. The Balaban J connectivity index is 1.26. The first-order chi connectivity index (χ1) is 15.8. The van der Waals surface area contributed by atoms with Crippen LogP contribution in [0.25, 0.3) is 0 Å². The highest BCUT2D eigenvalue weighted by Gasteiger charge is 2.26. The van der Waals surface area contributed by atoms with Crippen LogP contribution in [-0.2, 0) is 0 Å². The Morgan fingerprint density at radius 1 is 1.09 bits per heavy atom. The molecular formula is C24H35N7O. The fraction of sp³-hybridized carbons (Fsp3) is 0.542. The van der Waals surface area contributed by atoms with Crippen molar-refractivity contribution in [2.75, 3.05) is 70.9 Å². The van der Waals surface area contributed by atoms with Crippen LogP contribution >= 0.6 is 0 Å². The molecule has 0 radical (unpaired) electrons. The van der Waals surface area contributed by atoms with Crippen molar-refractivity contribution < 1.29 is 4.74 Å². The molecule has 2 aliphatic heterocycles. The van der Waals surface area contributed by atoms with Gasteiger partial charge in [-0.1, -0.05) is 12.1 Å². The first-order valence-corrected chi connectivity index (χ1v) is 11.7. The van der Waals surface area contributed by atoms with E-state index >= 15 is 0 Å². The summed E-state index contributed by atoms with van der Waals surface area (Å²) in [6, 6.07) is 10.4. The molecule has 0 bridgehead atoms. The molecule has 1 aromatic carbocycles. The van der Waals surface area contributed by atoms with Crippen LogP contribution in [0.15, 0.2) is 47.7 Å². The number of anilines is 1. The van der Waals surface area contributed by atoms with Crippen LogP contribution in [0.4, 0.5) is 5.95 Å². The van der Waals surface area contributed by atoms with E-state index in [1.54, 1.807) is 7.11 Å². The van der Waals surface area contributed by atoms with Crippen molar-refractivity contribution in [1.29, 1.82) is 0 Å². The zero-order valence-electron chi connectivity index (χ0n) is 19.3. The summed E-state index contributed by atoms with van der Waals surface area (Å²) in [5.74, 6) is 3.33. The maximum atomic E-state index is 5.29. The van der Waals surface area contributed by atoms with Crippen molar-refractivity contribution >= 4 is 11.9 Å². The molecule has 8 nitrogen and oxygen atoms in total. The Labute approximate surface area is 191 Å². The third kappa shape index (κ3) is 5.68. The molecule has 8 heteroatoms. The van der Waals surface area contributed by atoms with Gasteiger partial charge in [0, 0.05) is 70.7 Å². The minimum absolute atomic E-state index is 0.540. The van der Waals surface area contributed by atoms with E-state index in [2.05, 4.69) is 61.2 Å². The largest absolute Gasteiger partial charge is 0.497 e. The minimum Gasteiger partial charge on any atom is -0.497 e. The molecule has 1 aromatic heterocycles. The Morgan fingerprint density at radius 2 is 1.84 bits per heavy atom. The summed E-state index contributed by atoms with van der Waals surface area (Å²) in [5.41, 5.74) is 1.38. The first-order valence-electron chi connectivity index (χ1n) is 11.7. The highest BCUT2D eigenvalue weighted by molar-refractivity contribution is 5.80. The van der Waals surface area contributed by atoms with E-state index in [0.29, 0.717) is 5.92 Å². The maximum Gasteiger partial charge on any atom is 0.225 e. The summed E-state index contributed by atoms with van der Waals surface area (Å²) in [4.78, 5) is 20.8. The average molecular weight is 438 g/mol. The van der Waals surface area contributed by atoms with E-state index < -0.39 is 0 Å². The summed E-state index contributed by atoms with van der Waals surface area (Å²) >= 11 is 0. The Hall–Kier alpha value is -2.87. The molecule has 2 aromatic rings. The minimum atomic E-state index is 0.540. The van der Waals surface area contributed by atoms with E-state index in [4.69, 9.17) is 9.73 Å². The van der Waals surface area contributed by atoms with Gasteiger partial charge in [0.15, 0.2) is 5.96 Å². The fourth-order valence-corrected chi connectivity index (χ4v) is 4.45. The number of aliphatic imine (C=N–C) groups is 1. The van der Waals surface area contributed by atoms with Gasteiger partial charge in [-0.25, -0.2) is 9.97 Å². The van der Waals surface area contributed by atoms with Gasteiger partial charge in [-0.15, -0.1) is 0 Å². The number of rotatable bonds is 7. The topological polar surface area (TPSA) is 69.1 Å². The highest BCUT2D eigenvalue weighted by Crippen LogP contribution is 2.28. The lowest BCUT2D eigenvalue weighted by molar-refractivity contribution is 0.263. The summed E-state index contributed by atoms with van der Waals surface area (Å²) in [7, 11) is 1.71. The van der Waals surface area contributed by atoms with Crippen molar-refractivity contribution in [1.82, 2.24) is 25.1 Å². The summed E-state index contributed by atoms with van der Waals surface area (Å²) in [5, 5.41) is 3.49. The predicted octanol–water partition coefficient (Wildman–Crippen LogP) is 2.06. The van der Waals surface area contributed by atoms with Gasteiger partial charge < -0.3 is 19.9 Å². The SMILES string of the molecule is CCNC(=NCCN1CCN(c2ncccn2)CC1)N1CCC(c2ccc(OC)cc2)C1. The van der Waals surface area contributed by atoms with Crippen molar-refractivity contribution in [3.05, 3.63) is 48.3 Å². The van der Waals surface area contributed by atoms with Gasteiger partial charge in [0.25, 0.3) is 0 Å². The molecule has 2 saturated heterocycles. The molecule has 3 heterocycles. The summed E-state index contributed by atoms with van der Waals surface area (Å²) in [6.07, 6.45) is 4.77. The number of nitrogens with one attached hydrogen (secondary N) is 1. The lowest BCUT2D eigenvalue weighted by Crippen LogP contribution is -2.48. The lowest BCUT2D eigenvalue weighted by Gasteiger charge is -2.34. The van der Waals surface area contributed by atoms with E-state index in [9.17, 15) is 0 Å². The number of hydrogen-bond acceptors (Lipinski definition) is 6. The monoisotopic (exact) mass is 437 g/mol. The molecule has 2 fully saturated rings. The first kappa shape index (κ1) is 22.3. The van der Waals surface area contributed by atoms with Crippen LogP contribution in [0.2, 0.25) is 0 Å². The summed E-state index contributed by atoms with van der Waals surface area (Å²) in [6.45, 7) is 10.8. The van der Waals surface area contributed by atoms with Crippen molar-refractivity contribution in [2.24, 2.45) is 4.99 Å². The van der Waals surface area contributed by atoms with Crippen LogP contribution in [-0.4, -0.2) is 91.7 Å². The number of benzene rings is 1. The van der Waals surface area contributed by atoms with Crippen LogP contribution in [0.1, 0.15) is 24.8 Å². The molecule has 0 spiro atoms. The maximum absolute atomic E-state index is 5.29. The van der Waals surface area contributed by atoms with Crippen LogP contribution < -0.4 is 15.0 Å². The molecule has 1 N–H and O–H groups in total. The molecule has 4 rings (SSSR count). The van der Waals surface area contributed by atoms with Gasteiger partial charge in [-0.05, 0) is 37.1 Å². The predicted molar refractivity (Wildman–Crippen MR) is 129 cm³/mol. The second kappa shape index (κ2) is 11.1. The number of hydrogen-bond donors (Lipinski definition) is 1. The van der Waals surface area contributed by atoms with E-state index in [1.165, 1.54) is 5.56 Å². The van der Waals surface area contributed by atoms with Gasteiger partial charge in [0.05, 0.1) is 13.7 Å². The van der Waals surface area contributed by atoms with E-state index in [1.807, 2.05) is 18.5 Å². The second-order valence-corrected chi connectivity index (χ2v) is 8.32. The number of nitrogens with zero attached hydrogens (tertiary/aromatic N) is 6. The third-order valence-corrected chi connectivity index (χ3v) is 6.29. The quantitative estimate of drug-likeness (QED) is 0.525. The van der Waals surface area contributed by atoms with Gasteiger partial charge >= 0.3 is 0 Å². The van der Waals surface area contributed by atoms with Crippen LogP contribution in [0, 0.1) is 0 Å². The van der Waals surface area contributed by atoms with Crippen LogP contribution in [0.3, 0.4) is 0 Å². The van der Waals surface area contributed by atoms with Crippen LogP contribution in [0.5, 0.6) is 5.75 Å². The van der Waals surface area contributed by atoms with Crippen molar-refractivity contribution in [3.8, 4) is 5.75 Å². The molecule has 172 valence electrons. The Bertz CT molecular complexity index is 850. The lowest BCUT2D eigenvalue weighted by atomic mass is 9.98. The van der Waals surface area contributed by atoms with Gasteiger partial charge in [0.1, 0.15) is 5.75 Å². The molecule has 32 heavy (non-hydrogen) atoms. The number of likely N-dealkylation sites (tertiary alicyclic amines) is 1. The third-order valence-electron chi connectivity index (χ3n) is 6.29. The molecule has 0 aliphatic carbocycles. The number of methoxy groups -OCH3 is 1. The molecular weight excluding hydrogens is 402 g/mol. The average Bonchev–Trinajstić information content (AvgIpc) is 3.35. The van der Waals surface area contributed by atoms with E-state index in [-0.39, 0.29) is 0 Å². The Kier molecular flexibility index (Phi) is 7.77. The number of piperazine rings is 1. The van der Waals surface area contributed by atoms with E-state index in [0.717, 1.165) is 83.0 Å². The normalized spacial score (nSPS) is 19.9. The van der Waals surface area contributed by atoms with Gasteiger partial charge in [-0.2, -0.15) is 0 Å². The molecule has 0 saturated carbocycles. The number of aromatic nitrogens is 2. The molecule has 0 amide bonds. The highest BCUT2D eigenvalue weighted by atomic mass is 16.5. The van der Waals surface area contributed by atoms with Crippen molar-refractivity contribution in [3.63, 3.8) is 0 Å². The molecule has 2 aliphatic rings. The van der Waals surface area contributed by atoms with Crippen molar-refractivity contribution in [2.45, 2.75) is 19.3 Å². The standard InChI is InChI=1S/C24H35N7O/c1-3-25-23(31-13-9-21(19-31)20-5-7-22(32-2)8-6-20)28-12-14-29-15-17-30(18-16-29)24-26-10-4-11-27-24/h4-8,10-11,21H,3,9,12-19H2,1-2H3,(H,25,28).